The molecule has 0 atom stereocenters. The van der Waals surface area contributed by atoms with Crippen LogP contribution in [0.5, 0.6) is 0 Å². The summed E-state index contributed by atoms with van der Waals surface area (Å²) in [7, 11) is 1.99. The Hall–Kier alpha value is -0.340. The molecule has 0 aliphatic heterocycles. The molecule has 56 valence electrons. The van der Waals surface area contributed by atoms with E-state index in [9.17, 15) is 0 Å². The summed E-state index contributed by atoms with van der Waals surface area (Å²) in [6, 6.07) is 2.25. The molecule has 1 aromatic heterocycles. The van der Waals surface area contributed by atoms with E-state index in [1.165, 1.54) is 10.4 Å². The maximum Gasteiger partial charge on any atom is 0.00170 e. The molecule has 0 amide bonds. The summed E-state index contributed by atoms with van der Waals surface area (Å²) in [5.41, 5.74) is 1.46. The molecule has 1 heterocycles. The molecule has 0 aliphatic rings. The van der Waals surface area contributed by atoms with E-state index in [4.69, 9.17) is 0 Å². The van der Waals surface area contributed by atoms with Crippen LogP contribution in [0, 0.1) is 6.92 Å². The van der Waals surface area contributed by atoms with Crippen LogP contribution in [0.4, 0.5) is 0 Å². The van der Waals surface area contributed by atoms with Gasteiger partial charge in [0.05, 0.1) is 0 Å². The third kappa shape index (κ3) is 2.12. The average molecular weight is 155 g/mol. The molecular formula is C8H13NS. The van der Waals surface area contributed by atoms with Gasteiger partial charge in [0.25, 0.3) is 0 Å². The Kier molecular flexibility index (Phi) is 2.90. The van der Waals surface area contributed by atoms with Crippen molar-refractivity contribution in [3.63, 3.8) is 0 Å². The maximum absolute atomic E-state index is 3.13. The lowest BCUT2D eigenvalue weighted by atomic mass is 10.2. The van der Waals surface area contributed by atoms with Crippen molar-refractivity contribution >= 4 is 11.3 Å². The monoisotopic (exact) mass is 155 g/mol. The van der Waals surface area contributed by atoms with Gasteiger partial charge in [0.15, 0.2) is 0 Å². The molecule has 10 heavy (non-hydrogen) atoms. The summed E-state index contributed by atoms with van der Waals surface area (Å²) in [6.07, 6.45) is 1.15. The average Bonchev–Trinajstić information content (AvgIpc) is 2.31. The number of hydrogen-bond acceptors (Lipinski definition) is 2. The zero-order chi connectivity index (χ0) is 7.40. The van der Waals surface area contributed by atoms with Crippen molar-refractivity contribution in [1.29, 1.82) is 0 Å². The Morgan fingerprint density at radius 1 is 1.60 bits per heavy atom. The standard InChI is InChI=1S/C8H13NS/c1-7-5-8(6-10-7)3-4-9-2/h5-6,9H,3-4H2,1-2H3. The van der Waals surface area contributed by atoms with E-state index in [-0.39, 0.29) is 0 Å². The number of nitrogens with one attached hydrogen (secondary N) is 1. The number of thiophene rings is 1. The highest BCUT2D eigenvalue weighted by atomic mass is 32.1. The molecule has 1 rings (SSSR count). The lowest BCUT2D eigenvalue weighted by Crippen LogP contribution is -2.09. The highest BCUT2D eigenvalue weighted by Crippen LogP contribution is 2.12. The molecule has 1 nitrogen and oxygen atoms in total. The van der Waals surface area contributed by atoms with Crippen molar-refractivity contribution in [1.82, 2.24) is 5.32 Å². The van der Waals surface area contributed by atoms with Crippen molar-refractivity contribution in [2.24, 2.45) is 0 Å². The number of hydrogen-bond donors (Lipinski definition) is 1. The van der Waals surface area contributed by atoms with Crippen molar-refractivity contribution in [3.05, 3.63) is 21.9 Å². The van der Waals surface area contributed by atoms with Gasteiger partial charge in [-0.3, -0.25) is 0 Å². The fraction of sp³-hybridized carbons (Fsp3) is 0.500. The van der Waals surface area contributed by atoms with Gasteiger partial charge in [0.1, 0.15) is 0 Å². The van der Waals surface area contributed by atoms with Crippen LogP contribution in [0.25, 0.3) is 0 Å². The fourth-order valence-electron chi connectivity index (χ4n) is 0.898. The van der Waals surface area contributed by atoms with Crippen molar-refractivity contribution in [2.75, 3.05) is 13.6 Å². The van der Waals surface area contributed by atoms with Gasteiger partial charge in [-0.25, -0.2) is 0 Å². The zero-order valence-corrected chi connectivity index (χ0v) is 7.29. The van der Waals surface area contributed by atoms with Gasteiger partial charge >= 0.3 is 0 Å². The molecular weight excluding hydrogens is 142 g/mol. The van der Waals surface area contributed by atoms with Gasteiger partial charge in [-0.1, -0.05) is 0 Å². The van der Waals surface area contributed by atoms with Crippen LogP contribution < -0.4 is 5.32 Å². The van der Waals surface area contributed by atoms with Gasteiger partial charge in [0.2, 0.25) is 0 Å². The van der Waals surface area contributed by atoms with Crippen molar-refractivity contribution < 1.29 is 0 Å². The smallest absolute Gasteiger partial charge is 0.00170 e. The van der Waals surface area contributed by atoms with Gasteiger partial charge in [0, 0.05) is 4.88 Å². The SMILES string of the molecule is CNCCc1csc(C)c1. The van der Waals surface area contributed by atoms with Crippen LogP contribution in [0.3, 0.4) is 0 Å². The highest BCUT2D eigenvalue weighted by Gasteiger charge is 1.93. The number of aryl methyl sites for hydroxylation is 1. The summed E-state index contributed by atoms with van der Waals surface area (Å²) in [4.78, 5) is 1.41. The second kappa shape index (κ2) is 3.74. The summed E-state index contributed by atoms with van der Waals surface area (Å²) in [5, 5.41) is 5.36. The minimum Gasteiger partial charge on any atom is -0.319 e. The molecule has 0 bridgehead atoms. The molecule has 0 unspecified atom stereocenters. The Balaban J connectivity index is 2.42. The first-order valence-corrected chi connectivity index (χ1v) is 4.39. The van der Waals surface area contributed by atoms with Gasteiger partial charge < -0.3 is 5.32 Å². The van der Waals surface area contributed by atoms with E-state index in [1.54, 1.807) is 0 Å². The van der Waals surface area contributed by atoms with Crippen LogP contribution in [-0.4, -0.2) is 13.6 Å². The van der Waals surface area contributed by atoms with Crippen LogP contribution >= 0.6 is 11.3 Å². The van der Waals surface area contributed by atoms with E-state index >= 15 is 0 Å². The largest absolute Gasteiger partial charge is 0.319 e. The molecule has 2 heteroatoms. The zero-order valence-electron chi connectivity index (χ0n) is 6.48. The Morgan fingerprint density at radius 3 is 2.90 bits per heavy atom. The molecule has 0 saturated heterocycles. The molecule has 0 saturated carbocycles. The second-order valence-electron chi connectivity index (χ2n) is 2.42. The van der Waals surface area contributed by atoms with E-state index in [1.807, 2.05) is 18.4 Å². The quantitative estimate of drug-likeness (QED) is 0.702. The molecule has 0 aliphatic carbocycles. The second-order valence-corrected chi connectivity index (χ2v) is 3.53. The fourth-order valence-corrected chi connectivity index (χ4v) is 1.64. The Labute approximate surface area is 66.1 Å². The number of rotatable bonds is 3. The normalized spacial score (nSPS) is 10.2. The molecule has 0 fully saturated rings. The first-order valence-electron chi connectivity index (χ1n) is 3.51. The molecule has 0 radical (unpaired) electrons. The van der Waals surface area contributed by atoms with Crippen molar-refractivity contribution in [2.45, 2.75) is 13.3 Å². The van der Waals surface area contributed by atoms with Crippen LogP contribution in [-0.2, 0) is 6.42 Å². The topological polar surface area (TPSA) is 12.0 Å². The Morgan fingerprint density at radius 2 is 2.40 bits per heavy atom. The Bertz CT molecular complexity index is 193. The van der Waals surface area contributed by atoms with Gasteiger partial charge in [-0.05, 0) is 43.9 Å². The van der Waals surface area contributed by atoms with Crippen LogP contribution in [0.15, 0.2) is 11.4 Å². The summed E-state index contributed by atoms with van der Waals surface area (Å²) in [6.45, 7) is 3.23. The summed E-state index contributed by atoms with van der Waals surface area (Å²) >= 11 is 1.83. The molecule has 1 aromatic rings. The third-order valence-corrected chi connectivity index (χ3v) is 2.36. The predicted octanol–water partition coefficient (Wildman–Crippen LogP) is 1.82. The van der Waals surface area contributed by atoms with E-state index < -0.39 is 0 Å². The predicted molar refractivity (Wildman–Crippen MR) is 46.7 cm³/mol. The van der Waals surface area contributed by atoms with Gasteiger partial charge in [-0.2, -0.15) is 0 Å². The third-order valence-electron chi connectivity index (χ3n) is 1.45. The first kappa shape index (κ1) is 7.76. The van der Waals surface area contributed by atoms with E-state index in [0.717, 1.165) is 13.0 Å². The summed E-state index contributed by atoms with van der Waals surface area (Å²) in [5.74, 6) is 0. The first-order chi connectivity index (χ1) is 4.83. The minimum atomic E-state index is 1.08. The van der Waals surface area contributed by atoms with E-state index in [0.29, 0.717) is 0 Å². The summed E-state index contributed by atoms with van der Waals surface area (Å²) < 4.78 is 0. The van der Waals surface area contributed by atoms with Crippen molar-refractivity contribution in [3.8, 4) is 0 Å². The lowest BCUT2D eigenvalue weighted by molar-refractivity contribution is 0.793. The minimum absolute atomic E-state index is 1.08. The molecule has 1 N–H and O–H groups in total. The van der Waals surface area contributed by atoms with Crippen LogP contribution in [0.1, 0.15) is 10.4 Å². The molecule has 0 aromatic carbocycles. The molecule has 0 spiro atoms. The van der Waals surface area contributed by atoms with E-state index in [2.05, 4.69) is 23.7 Å². The van der Waals surface area contributed by atoms with Crippen LogP contribution in [0.2, 0.25) is 0 Å². The van der Waals surface area contributed by atoms with Gasteiger partial charge in [-0.15, -0.1) is 11.3 Å². The lowest BCUT2D eigenvalue weighted by Gasteiger charge is -1.93. The highest BCUT2D eigenvalue weighted by molar-refractivity contribution is 7.10. The number of likely N-dealkylation sites (N-methyl/N-ethyl adjacent to an activating group) is 1. The maximum atomic E-state index is 3.13.